The largest absolute Gasteiger partial charge is 0.370 e. The van der Waals surface area contributed by atoms with Crippen molar-refractivity contribution in [1.82, 2.24) is 9.88 Å². The highest BCUT2D eigenvalue weighted by Crippen LogP contribution is 2.24. The van der Waals surface area contributed by atoms with Crippen molar-refractivity contribution in [1.29, 1.82) is 0 Å². The smallest absolute Gasteiger partial charge is 0.255 e. The Labute approximate surface area is 172 Å². The topological polar surface area (TPSA) is 48.5 Å². The number of aromatic nitrogens is 1. The molecule has 1 aliphatic heterocycles. The Morgan fingerprint density at radius 3 is 2.55 bits per heavy atom. The van der Waals surface area contributed by atoms with E-state index in [0.29, 0.717) is 11.6 Å². The van der Waals surface area contributed by atoms with E-state index in [0.717, 1.165) is 29.9 Å². The van der Waals surface area contributed by atoms with E-state index in [2.05, 4.69) is 46.3 Å². The molecule has 3 aromatic rings. The fourth-order valence-electron chi connectivity index (χ4n) is 3.73. The number of benzene rings is 2. The molecule has 29 heavy (non-hydrogen) atoms. The molecule has 1 fully saturated rings. The molecule has 1 N–H and O–H groups in total. The van der Waals surface area contributed by atoms with Gasteiger partial charge in [-0.15, -0.1) is 0 Å². The van der Waals surface area contributed by atoms with Gasteiger partial charge in [0.1, 0.15) is 0 Å². The molecule has 5 nitrogen and oxygen atoms in total. The van der Waals surface area contributed by atoms with E-state index in [1.54, 1.807) is 12.4 Å². The van der Waals surface area contributed by atoms with Gasteiger partial charge < -0.3 is 15.1 Å². The van der Waals surface area contributed by atoms with Crippen LogP contribution >= 0.6 is 0 Å². The van der Waals surface area contributed by atoms with Crippen molar-refractivity contribution in [2.75, 3.05) is 37.4 Å². The minimum Gasteiger partial charge on any atom is -0.370 e. The highest BCUT2D eigenvalue weighted by Gasteiger charge is 2.23. The molecule has 1 saturated heterocycles. The Morgan fingerprint density at radius 2 is 1.86 bits per heavy atom. The van der Waals surface area contributed by atoms with Crippen LogP contribution in [0.25, 0.3) is 11.1 Å². The van der Waals surface area contributed by atoms with Crippen LogP contribution in [0, 0.1) is 0 Å². The third-order valence-corrected chi connectivity index (χ3v) is 5.50. The summed E-state index contributed by atoms with van der Waals surface area (Å²) in [6, 6.07) is 20.2. The van der Waals surface area contributed by atoms with Gasteiger partial charge >= 0.3 is 0 Å². The van der Waals surface area contributed by atoms with Gasteiger partial charge in [0, 0.05) is 54.0 Å². The normalized spacial score (nSPS) is 16.2. The second-order valence-electron chi connectivity index (χ2n) is 7.68. The molecule has 0 bridgehead atoms. The van der Waals surface area contributed by atoms with Crippen LogP contribution in [-0.2, 0) is 0 Å². The van der Waals surface area contributed by atoms with Gasteiger partial charge in [-0.2, -0.15) is 0 Å². The Balaban J connectivity index is 1.43. The van der Waals surface area contributed by atoms with Gasteiger partial charge in [0.25, 0.3) is 5.91 Å². The van der Waals surface area contributed by atoms with E-state index in [1.165, 1.54) is 12.1 Å². The standard InChI is InChI=1S/C24H26N4O/c1-27(2)23-12-14-28(17-23)22-10-8-21(9-11-22)26-24(29)19-6-3-5-18(15-19)20-7-4-13-25-16-20/h3-11,13,15-16,23H,12,14,17H2,1-2H3,(H,26,29). The molecule has 2 heterocycles. The monoisotopic (exact) mass is 386 g/mol. The number of nitrogens with zero attached hydrogens (tertiary/aromatic N) is 3. The van der Waals surface area contributed by atoms with Crippen LogP contribution in [0.2, 0.25) is 0 Å². The number of nitrogens with one attached hydrogen (secondary N) is 1. The molecule has 2 aromatic carbocycles. The SMILES string of the molecule is CN(C)C1CCN(c2ccc(NC(=O)c3cccc(-c4cccnc4)c3)cc2)C1. The van der Waals surface area contributed by atoms with Gasteiger partial charge in [-0.05, 0) is 68.5 Å². The van der Waals surface area contributed by atoms with Gasteiger partial charge in [0.15, 0.2) is 0 Å². The number of carbonyl (C=O) groups excluding carboxylic acids is 1. The summed E-state index contributed by atoms with van der Waals surface area (Å²) >= 11 is 0. The molecule has 148 valence electrons. The summed E-state index contributed by atoms with van der Waals surface area (Å²) in [4.78, 5) is 21.5. The molecule has 4 rings (SSSR count). The summed E-state index contributed by atoms with van der Waals surface area (Å²) in [5.41, 5.74) is 4.60. The summed E-state index contributed by atoms with van der Waals surface area (Å²) in [6.07, 6.45) is 4.72. The summed E-state index contributed by atoms with van der Waals surface area (Å²) in [5, 5.41) is 3.00. The Kier molecular flexibility index (Phi) is 5.58. The van der Waals surface area contributed by atoms with E-state index in [4.69, 9.17) is 0 Å². The summed E-state index contributed by atoms with van der Waals surface area (Å²) in [6.45, 7) is 2.11. The highest BCUT2D eigenvalue weighted by molar-refractivity contribution is 6.05. The number of hydrogen-bond donors (Lipinski definition) is 1. The fourth-order valence-corrected chi connectivity index (χ4v) is 3.73. The lowest BCUT2D eigenvalue weighted by Crippen LogP contribution is -2.31. The predicted molar refractivity (Wildman–Crippen MR) is 118 cm³/mol. The first-order valence-corrected chi connectivity index (χ1v) is 9.93. The summed E-state index contributed by atoms with van der Waals surface area (Å²) in [7, 11) is 4.27. The average molecular weight is 386 g/mol. The van der Waals surface area contributed by atoms with Crippen molar-refractivity contribution in [3.63, 3.8) is 0 Å². The molecule has 1 aliphatic rings. The van der Waals surface area contributed by atoms with Gasteiger partial charge in [-0.3, -0.25) is 9.78 Å². The Morgan fingerprint density at radius 1 is 1.07 bits per heavy atom. The zero-order valence-electron chi connectivity index (χ0n) is 16.9. The number of hydrogen-bond acceptors (Lipinski definition) is 4. The third kappa shape index (κ3) is 4.46. The zero-order valence-corrected chi connectivity index (χ0v) is 16.9. The highest BCUT2D eigenvalue weighted by atomic mass is 16.1. The van der Waals surface area contributed by atoms with Gasteiger partial charge in [-0.1, -0.05) is 18.2 Å². The van der Waals surface area contributed by atoms with Crippen LogP contribution < -0.4 is 10.2 Å². The maximum atomic E-state index is 12.7. The van der Waals surface area contributed by atoms with Crippen molar-refractivity contribution in [3.05, 3.63) is 78.6 Å². The first-order valence-electron chi connectivity index (χ1n) is 9.93. The maximum absolute atomic E-state index is 12.7. The van der Waals surface area contributed by atoms with E-state index in [9.17, 15) is 4.79 Å². The van der Waals surface area contributed by atoms with Crippen LogP contribution in [0.4, 0.5) is 11.4 Å². The van der Waals surface area contributed by atoms with Crippen LogP contribution in [0.5, 0.6) is 0 Å². The van der Waals surface area contributed by atoms with E-state index in [-0.39, 0.29) is 5.91 Å². The first-order chi connectivity index (χ1) is 14.1. The number of rotatable bonds is 5. The lowest BCUT2D eigenvalue weighted by Gasteiger charge is -2.22. The van der Waals surface area contributed by atoms with Gasteiger partial charge in [0.05, 0.1) is 0 Å². The van der Waals surface area contributed by atoms with Crippen molar-refractivity contribution >= 4 is 17.3 Å². The second kappa shape index (κ2) is 8.45. The quantitative estimate of drug-likeness (QED) is 0.716. The van der Waals surface area contributed by atoms with Gasteiger partial charge in [-0.25, -0.2) is 0 Å². The lowest BCUT2D eigenvalue weighted by atomic mass is 10.0. The molecule has 0 spiro atoms. The molecule has 1 aromatic heterocycles. The van der Waals surface area contributed by atoms with Crippen molar-refractivity contribution < 1.29 is 4.79 Å². The molecule has 0 radical (unpaired) electrons. The second-order valence-corrected chi connectivity index (χ2v) is 7.68. The fraction of sp³-hybridized carbons (Fsp3) is 0.250. The molecule has 1 unspecified atom stereocenters. The number of pyridine rings is 1. The van der Waals surface area contributed by atoms with Crippen molar-refractivity contribution in [3.8, 4) is 11.1 Å². The van der Waals surface area contributed by atoms with E-state index < -0.39 is 0 Å². The summed E-state index contributed by atoms with van der Waals surface area (Å²) in [5.74, 6) is -0.114. The van der Waals surface area contributed by atoms with Crippen LogP contribution in [-0.4, -0.2) is 49.0 Å². The number of likely N-dealkylation sites (N-methyl/N-ethyl adjacent to an activating group) is 1. The van der Waals surface area contributed by atoms with Crippen LogP contribution in [0.1, 0.15) is 16.8 Å². The molecule has 0 saturated carbocycles. The van der Waals surface area contributed by atoms with E-state index >= 15 is 0 Å². The summed E-state index contributed by atoms with van der Waals surface area (Å²) < 4.78 is 0. The molecule has 5 heteroatoms. The molecule has 1 amide bonds. The van der Waals surface area contributed by atoms with Crippen molar-refractivity contribution in [2.45, 2.75) is 12.5 Å². The zero-order chi connectivity index (χ0) is 20.2. The molecular weight excluding hydrogens is 360 g/mol. The van der Waals surface area contributed by atoms with Crippen LogP contribution in [0.3, 0.4) is 0 Å². The van der Waals surface area contributed by atoms with E-state index in [1.807, 2.05) is 48.5 Å². The lowest BCUT2D eigenvalue weighted by molar-refractivity contribution is 0.102. The third-order valence-electron chi connectivity index (χ3n) is 5.50. The number of carbonyl (C=O) groups is 1. The van der Waals surface area contributed by atoms with Gasteiger partial charge in [0.2, 0.25) is 0 Å². The number of amides is 1. The first kappa shape index (κ1) is 19.2. The minimum atomic E-state index is -0.114. The molecule has 1 atom stereocenters. The molecule has 0 aliphatic carbocycles. The average Bonchev–Trinajstić information content (AvgIpc) is 3.26. The minimum absolute atomic E-state index is 0.114. The Hall–Kier alpha value is -3.18. The predicted octanol–water partition coefficient (Wildman–Crippen LogP) is 4.14. The Bertz CT molecular complexity index is 970. The van der Waals surface area contributed by atoms with Crippen molar-refractivity contribution in [2.24, 2.45) is 0 Å². The molecular formula is C24H26N4O. The van der Waals surface area contributed by atoms with Crippen LogP contribution in [0.15, 0.2) is 73.1 Å². The maximum Gasteiger partial charge on any atom is 0.255 e. The number of anilines is 2.